The van der Waals surface area contributed by atoms with Gasteiger partial charge in [0.1, 0.15) is 5.75 Å². The second kappa shape index (κ2) is 10.7. The first-order chi connectivity index (χ1) is 16.5. The molecule has 2 aromatic carbocycles. The Labute approximate surface area is 203 Å². The van der Waals surface area contributed by atoms with Crippen molar-refractivity contribution in [2.45, 2.75) is 44.3 Å². The lowest BCUT2D eigenvalue weighted by molar-refractivity contribution is -0.130. The summed E-state index contributed by atoms with van der Waals surface area (Å²) in [6, 6.07) is 17.2. The van der Waals surface area contributed by atoms with Crippen LogP contribution >= 0.6 is 11.8 Å². The van der Waals surface area contributed by atoms with E-state index in [-0.39, 0.29) is 23.3 Å². The molecule has 1 unspecified atom stereocenters. The molecule has 1 atom stereocenters. The third-order valence-electron chi connectivity index (χ3n) is 5.66. The van der Waals surface area contributed by atoms with Crippen LogP contribution in [0.2, 0.25) is 0 Å². The van der Waals surface area contributed by atoms with Gasteiger partial charge in [0.15, 0.2) is 5.16 Å². The lowest BCUT2D eigenvalue weighted by Gasteiger charge is -2.22. The van der Waals surface area contributed by atoms with Gasteiger partial charge in [-0.2, -0.15) is 5.10 Å². The number of aromatic amines is 1. The Morgan fingerprint density at radius 1 is 1.18 bits per heavy atom. The Kier molecular flexibility index (Phi) is 7.47. The highest BCUT2D eigenvalue weighted by atomic mass is 32.2. The summed E-state index contributed by atoms with van der Waals surface area (Å²) < 4.78 is 5.26. The van der Waals surface area contributed by atoms with Crippen LogP contribution in [-0.4, -0.2) is 39.5 Å². The summed E-state index contributed by atoms with van der Waals surface area (Å²) in [6.45, 7) is 4.08. The van der Waals surface area contributed by atoms with Gasteiger partial charge < -0.3 is 9.72 Å². The van der Waals surface area contributed by atoms with Crippen LogP contribution in [0.15, 0.2) is 69.6 Å². The van der Waals surface area contributed by atoms with Gasteiger partial charge in [-0.3, -0.25) is 9.59 Å². The number of aromatic nitrogens is 2. The molecule has 0 aliphatic carbocycles. The number of nitrogens with one attached hydrogen (secondary N) is 1. The zero-order valence-corrected chi connectivity index (χ0v) is 20.4. The predicted molar refractivity (Wildman–Crippen MR) is 134 cm³/mol. The van der Waals surface area contributed by atoms with E-state index in [1.807, 2.05) is 62.4 Å². The van der Waals surface area contributed by atoms with Gasteiger partial charge in [0.05, 0.1) is 24.6 Å². The fourth-order valence-corrected chi connectivity index (χ4v) is 4.63. The predicted octanol–water partition coefficient (Wildman–Crippen LogP) is 4.51. The number of carbonyl (C=O) groups is 1. The number of aryl methyl sites for hydroxylation is 2. The molecule has 0 bridgehead atoms. The third-order valence-corrected chi connectivity index (χ3v) is 6.52. The summed E-state index contributed by atoms with van der Waals surface area (Å²) in [4.78, 5) is 32.5. The summed E-state index contributed by atoms with van der Waals surface area (Å²) >= 11 is 1.23. The van der Waals surface area contributed by atoms with Crippen LogP contribution in [0.4, 0.5) is 0 Å². The van der Waals surface area contributed by atoms with Crippen molar-refractivity contribution in [1.29, 1.82) is 0 Å². The normalized spacial score (nSPS) is 15.3. The lowest BCUT2D eigenvalue weighted by atomic mass is 9.97. The highest BCUT2D eigenvalue weighted by Gasteiger charge is 2.33. The van der Waals surface area contributed by atoms with Crippen molar-refractivity contribution >= 4 is 23.4 Å². The fraction of sp³-hybridized carbons (Fsp3) is 0.308. The number of carbonyl (C=O) groups excluding carboxylic acids is 1. The van der Waals surface area contributed by atoms with E-state index in [0.717, 1.165) is 46.7 Å². The third kappa shape index (κ3) is 5.56. The van der Waals surface area contributed by atoms with E-state index in [9.17, 15) is 9.59 Å². The minimum Gasteiger partial charge on any atom is -0.497 e. The van der Waals surface area contributed by atoms with Crippen LogP contribution in [0.3, 0.4) is 0 Å². The van der Waals surface area contributed by atoms with Gasteiger partial charge in [-0.25, -0.2) is 9.99 Å². The number of H-pyrrole nitrogens is 1. The Hall–Kier alpha value is -3.39. The topological polar surface area (TPSA) is 87.7 Å². The number of rotatable bonds is 8. The molecule has 1 N–H and O–H groups in total. The first-order valence-corrected chi connectivity index (χ1v) is 12.3. The maximum Gasteiger partial charge on any atom is 0.253 e. The maximum absolute atomic E-state index is 13.3. The van der Waals surface area contributed by atoms with Gasteiger partial charge in [-0.15, -0.1) is 0 Å². The number of benzene rings is 2. The Balaban J connectivity index is 1.57. The maximum atomic E-state index is 13.3. The smallest absolute Gasteiger partial charge is 0.253 e. The molecule has 0 spiro atoms. The highest BCUT2D eigenvalue weighted by Crippen LogP contribution is 2.34. The van der Waals surface area contributed by atoms with Gasteiger partial charge in [0.2, 0.25) is 0 Å². The molecule has 0 saturated heterocycles. The average Bonchev–Trinajstić information content (AvgIpc) is 3.28. The number of amides is 1. The number of hydrazone groups is 1. The van der Waals surface area contributed by atoms with Crippen molar-refractivity contribution < 1.29 is 9.53 Å². The summed E-state index contributed by atoms with van der Waals surface area (Å²) in [5, 5.41) is 6.75. The Morgan fingerprint density at radius 3 is 2.59 bits per heavy atom. The molecule has 0 radical (unpaired) electrons. The van der Waals surface area contributed by atoms with E-state index < -0.39 is 0 Å². The minimum absolute atomic E-state index is 0.125. The highest BCUT2D eigenvalue weighted by molar-refractivity contribution is 7.99. The van der Waals surface area contributed by atoms with E-state index in [0.29, 0.717) is 11.6 Å². The van der Waals surface area contributed by atoms with E-state index in [2.05, 4.69) is 9.97 Å². The summed E-state index contributed by atoms with van der Waals surface area (Å²) in [5.74, 6) is 0.761. The fourth-order valence-electron chi connectivity index (χ4n) is 3.88. The van der Waals surface area contributed by atoms with E-state index in [1.54, 1.807) is 12.1 Å². The SMILES string of the molecule is CCCc1cc(=O)[nH]c(SCC(=O)N2N=C(c3ccc(OC)cc3)CC2c2ccc(C)cc2)n1. The molecule has 1 aliphatic rings. The monoisotopic (exact) mass is 476 g/mol. The van der Waals surface area contributed by atoms with Crippen LogP contribution in [0.25, 0.3) is 0 Å². The van der Waals surface area contributed by atoms with Gasteiger partial charge in [0, 0.05) is 18.2 Å². The first kappa shape index (κ1) is 23.8. The Morgan fingerprint density at radius 2 is 1.91 bits per heavy atom. The Bertz CT molecular complexity index is 1240. The van der Waals surface area contributed by atoms with Crippen LogP contribution in [-0.2, 0) is 11.2 Å². The zero-order chi connectivity index (χ0) is 24.1. The minimum atomic E-state index is -0.202. The van der Waals surface area contributed by atoms with Crippen LogP contribution in [0.5, 0.6) is 5.75 Å². The number of ether oxygens (including phenoxy) is 1. The molecule has 0 fully saturated rings. The molecular weight excluding hydrogens is 448 g/mol. The van der Waals surface area contributed by atoms with Crippen LogP contribution in [0, 0.1) is 6.92 Å². The molecule has 8 heteroatoms. The quantitative estimate of drug-likeness (QED) is 0.382. The van der Waals surface area contributed by atoms with Crippen molar-refractivity contribution in [3.63, 3.8) is 0 Å². The molecule has 2 heterocycles. The molecule has 34 heavy (non-hydrogen) atoms. The van der Waals surface area contributed by atoms with Crippen LogP contribution in [0.1, 0.15) is 48.2 Å². The number of methoxy groups -OCH3 is 1. The number of thioether (sulfide) groups is 1. The second-order valence-corrected chi connectivity index (χ2v) is 9.19. The van der Waals surface area contributed by atoms with E-state index in [4.69, 9.17) is 9.84 Å². The first-order valence-electron chi connectivity index (χ1n) is 11.3. The molecule has 176 valence electrons. The molecule has 4 rings (SSSR count). The second-order valence-electron chi connectivity index (χ2n) is 8.22. The van der Waals surface area contributed by atoms with Gasteiger partial charge in [0.25, 0.3) is 11.5 Å². The number of nitrogens with zero attached hydrogens (tertiary/aromatic N) is 3. The van der Waals surface area contributed by atoms with E-state index in [1.165, 1.54) is 17.8 Å². The molecule has 1 aliphatic heterocycles. The van der Waals surface area contributed by atoms with Crippen molar-refractivity contribution in [2.75, 3.05) is 12.9 Å². The molecule has 0 saturated carbocycles. The number of hydrogen-bond acceptors (Lipinski definition) is 6. The van der Waals surface area contributed by atoms with Crippen molar-refractivity contribution in [3.05, 3.63) is 87.3 Å². The molecule has 1 amide bonds. The summed E-state index contributed by atoms with van der Waals surface area (Å²) in [6.07, 6.45) is 2.24. The van der Waals surface area contributed by atoms with Gasteiger partial charge in [-0.05, 0) is 48.7 Å². The number of hydrogen-bond donors (Lipinski definition) is 1. The van der Waals surface area contributed by atoms with Crippen LogP contribution < -0.4 is 10.3 Å². The summed E-state index contributed by atoms with van der Waals surface area (Å²) in [5.41, 5.74) is 4.54. The zero-order valence-electron chi connectivity index (χ0n) is 19.6. The van der Waals surface area contributed by atoms with Gasteiger partial charge >= 0.3 is 0 Å². The van der Waals surface area contributed by atoms with Gasteiger partial charge in [-0.1, -0.05) is 54.9 Å². The molecule has 1 aromatic heterocycles. The molecular formula is C26H28N4O3S. The van der Waals surface area contributed by atoms with Crippen molar-refractivity contribution in [2.24, 2.45) is 5.10 Å². The molecule has 7 nitrogen and oxygen atoms in total. The van der Waals surface area contributed by atoms with Crippen molar-refractivity contribution in [1.82, 2.24) is 15.0 Å². The summed E-state index contributed by atoms with van der Waals surface area (Å²) in [7, 11) is 1.63. The van der Waals surface area contributed by atoms with E-state index >= 15 is 0 Å². The van der Waals surface area contributed by atoms with Crippen molar-refractivity contribution in [3.8, 4) is 5.75 Å². The molecule has 3 aromatic rings. The average molecular weight is 477 g/mol. The lowest BCUT2D eigenvalue weighted by Crippen LogP contribution is -2.28. The standard InChI is InChI=1S/C26H28N4O3S/c1-4-5-20-14-24(31)28-26(27-20)34-16-25(32)30-23(19-8-6-17(2)7-9-19)15-22(29-30)18-10-12-21(33-3)13-11-18/h6-14,23H,4-5,15-16H2,1-3H3,(H,27,28,31). The largest absolute Gasteiger partial charge is 0.497 e.